The summed E-state index contributed by atoms with van der Waals surface area (Å²) < 4.78 is 0. The molecule has 0 spiro atoms. The molecule has 4 heteroatoms. The molecule has 4 nitrogen and oxygen atoms in total. The number of nitrogens with zero attached hydrogens (tertiary/aromatic N) is 2. The minimum absolute atomic E-state index is 0.0313. The lowest BCUT2D eigenvalue weighted by Gasteiger charge is -2.34. The third-order valence-electron chi connectivity index (χ3n) is 4.10. The monoisotopic (exact) mass is 275 g/mol. The van der Waals surface area contributed by atoms with Gasteiger partial charge in [-0.2, -0.15) is 0 Å². The van der Waals surface area contributed by atoms with E-state index in [1.165, 1.54) is 12.8 Å². The van der Waals surface area contributed by atoms with Gasteiger partial charge in [0.25, 0.3) is 5.91 Å². The van der Waals surface area contributed by atoms with E-state index in [0.717, 1.165) is 25.2 Å². The number of carbonyl (C=O) groups is 1. The van der Waals surface area contributed by atoms with Gasteiger partial charge >= 0.3 is 0 Å². The van der Waals surface area contributed by atoms with Crippen LogP contribution in [0.25, 0.3) is 0 Å². The fourth-order valence-corrected chi connectivity index (χ4v) is 2.93. The van der Waals surface area contributed by atoms with Crippen LogP contribution in [-0.2, 0) is 0 Å². The Hall–Kier alpha value is -1.58. The average Bonchev–Trinajstić information content (AvgIpc) is 2.46. The maximum atomic E-state index is 12.5. The fourth-order valence-electron chi connectivity index (χ4n) is 2.93. The molecular weight excluding hydrogens is 250 g/mol. The highest BCUT2D eigenvalue weighted by Crippen LogP contribution is 2.27. The number of pyridine rings is 1. The van der Waals surface area contributed by atoms with Crippen LogP contribution in [0.5, 0.6) is 0 Å². The quantitative estimate of drug-likeness (QED) is 0.918. The number of rotatable bonds is 4. The van der Waals surface area contributed by atoms with Gasteiger partial charge in [0, 0.05) is 19.6 Å². The zero-order valence-corrected chi connectivity index (χ0v) is 12.7. The van der Waals surface area contributed by atoms with Crippen LogP contribution in [0.15, 0.2) is 18.2 Å². The number of aromatic nitrogens is 1. The molecule has 0 bridgehead atoms. The standard InChI is InChI=1S/C16H25N3O/c1-4-17-15-10-6-9-14(18-15)16(20)19(3)13-8-5-7-12(2)11-13/h6,9-10,12-13H,4-5,7-8,11H2,1-3H3,(H,17,18). The van der Waals surface area contributed by atoms with E-state index < -0.39 is 0 Å². The average molecular weight is 275 g/mol. The Balaban J connectivity index is 2.07. The van der Waals surface area contributed by atoms with Crippen molar-refractivity contribution < 1.29 is 4.79 Å². The van der Waals surface area contributed by atoms with Crippen LogP contribution in [0.2, 0.25) is 0 Å². The highest BCUT2D eigenvalue weighted by molar-refractivity contribution is 5.92. The van der Waals surface area contributed by atoms with E-state index in [-0.39, 0.29) is 5.91 Å². The topological polar surface area (TPSA) is 45.2 Å². The van der Waals surface area contributed by atoms with Gasteiger partial charge in [0.05, 0.1) is 0 Å². The van der Waals surface area contributed by atoms with Gasteiger partial charge in [0.15, 0.2) is 0 Å². The van der Waals surface area contributed by atoms with Crippen molar-refractivity contribution in [2.45, 2.75) is 45.6 Å². The third kappa shape index (κ3) is 3.50. The van der Waals surface area contributed by atoms with Crippen molar-refractivity contribution in [2.24, 2.45) is 5.92 Å². The number of carbonyl (C=O) groups excluding carboxylic acids is 1. The van der Waals surface area contributed by atoms with E-state index in [2.05, 4.69) is 17.2 Å². The second-order valence-electron chi connectivity index (χ2n) is 5.78. The summed E-state index contributed by atoms with van der Waals surface area (Å²) in [5, 5.41) is 3.15. The Kier molecular flexibility index (Phi) is 4.99. The van der Waals surface area contributed by atoms with E-state index in [1.807, 2.05) is 31.0 Å². The minimum Gasteiger partial charge on any atom is -0.370 e. The van der Waals surface area contributed by atoms with E-state index in [4.69, 9.17) is 0 Å². The van der Waals surface area contributed by atoms with Gasteiger partial charge in [-0.05, 0) is 37.8 Å². The first-order chi connectivity index (χ1) is 9.61. The molecule has 1 amide bonds. The first kappa shape index (κ1) is 14.8. The van der Waals surface area contributed by atoms with E-state index >= 15 is 0 Å². The predicted octanol–water partition coefficient (Wildman–Crippen LogP) is 3.16. The van der Waals surface area contributed by atoms with Gasteiger partial charge in [0.1, 0.15) is 11.5 Å². The summed E-state index contributed by atoms with van der Waals surface area (Å²) in [7, 11) is 1.91. The molecule has 2 unspecified atom stereocenters. The van der Waals surface area contributed by atoms with Crippen LogP contribution < -0.4 is 5.32 Å². The fraction of sp³-hybridized carbons (Fsp3) is 0.625. The summed E-state index contributed by atoms with van der Waals surface area (Å²) in [4.78, 5) is 18.8. The molecule has 2 rings (SSSR count). The number of hydrogen-bond donors (Lipinski definition) is 1. The summed E-state index contributed by atoms with van der Waals surface area (Å²) >= 11 is 0. The Labute approximate surface area is 121 Å². The largest absolute Gasteiger partial charge is 0.370 e. The van der Waals surface area contributed by atoms with Crippen LogP contribution in [0.1, 0.15) is 50.0 Å². The van der Waals surface area contributed by atoms with Crippen molar-refractivity contribution in [1.82, 2.24) is 9.88 Å². The molecule has 1 aromatic heterocycles. The van der Waals surface area contributed by atoms with Gasteiger partial charge in [-0.15, -0.1) is 0 Å². The third-order valence-corrected chi connectivity index (χ3v) is 4.10. The molecule has 0 radical (unpaired) electrons. The van der Waals surface area contributed by atoms with E-state index in [1.54, 1.807) is 6.07 Å². The molecule has 20 heavy (non-hydrogen) atoms. The maximum Gasteiger partial charge on any atom is 0.272 e. The Morgan fingerprint density at radius 1 is 1.45 bits per heavy atom. The number of anilines is 1. The van der Waals surface area contributed by atoms with Gasteiger partial charge in [-0.3, -0.25) is 4.79 Å². The summed E-state index contributed by atoms with van der Waals surface area (Å²) in [6.45, 7) is 5.10. The van der Waals surface area contributed by atoms with Crippen molar-refractivity contribution in [3.05, 3.63) is 23.9 Å². The summed E-state index contributed by atoms with van der Waals surface area (Å²) in [5.41, 5.74) is 0.532. The zero-order valence-electron chi connectivity index (χ0n) is 12.7. The molecule has 1 aliphatic carbocycles. The smallest absolute Gasteiger partial charge is 0.272 e. The van der Waals surface area contributed by atoms with Crippen molar-refractivity contribution in [1.29, 1.82) is 0 Å². The van der Waals surface area contributed by atoms with Crippen molar-refractivity contribution >= 4 is 11.7 Å². The van der Waals surface area contributed by atoms with Gasteiger partial charge in [-0.1, -0.05) is 25.8 Å². The molecule has 1 N–H and O–H groups in total. The summed E-state index contributed by atoms with van der Waals surface area (Å²) in [6.07, 6.45) is 4.72. The first-order valence-corrected chi connectivity index (χ1v) is 7.60. The maximum absolute atomic E-state index is 12.5. The van der Waals surface area contributed by atoms with E-state index in [0.29, 0.717) is 17.7 Å². The lowest BCUT2D eigenvalue weighted by atomic mass is 9.86. The summed E-state index contributed by atoms with van der Waals surface area (Å²) in [6, 6.07) is 5.93. The molecule has 0 aliphatic heterocycles. The van der Waals surface area contributed by atoms with E-state index in [9.17, 15) is 4.79 Å². The van der Waals surface area contributed by atoms with Crippen LogP contribution in [0, 0.1) is 5.92 Å². The Bertz CT molecular complexity index is 461. The van der Waals surface area contributed by atoms with Crippen molar-refractivity contribution in [3.63, 3.8) is 0 Å². The first-order valence-electron chi connectivity index (χ1n) is 7.60. The summed E-state index contributed by atoms with van der Waals surface area (Å²) in [5.74, 6) is 1.51. The molecule has 110 valence electrons. The second-order valence-corrected chi connectivity index (χ2v) is 5.78. The molecule has 0 saturated heterocycles. The van der Waals surface area contributed by atoms with Gasteiger partial charge in [0.2, 0.25) is 0 Å². The minimum atomic E-state index is 0.0313. The van der Waals surface area contributed by atoms with Gasteiger partial charge in [-0.25, -0.2) is 4.98 Å². The number of hydrogen-bond acceptors (Lipinski definition) is 3. The molecule has 1 saturated carbocycles. The molecule has 2 atom stereocenters. The van der Waals surface area contributed by atoms with Crippen molar-refractivity contribution in [3.8, 4) is 0 Å². The van der Waals surface area contributed by atoms with Crippen LogP contribution in [-0.4, -0.2) is 35.4 Å². The number of amides is 1. The number of nitrogens with one attached hydrogen (secondary N) is 1. The van der Waals surface area contributed by atoms with Crippen LogP contribution in [0.3, 0.4) is 0 Å². The van der Waals surface area contributed by atoms with Crippen molar-refractivity contribution in [2.75, 3.05) is 18.9 Å². The second kappa shape index (κ2) is 6.73. The highest BCUT2D eigenvalue weighted by atomic mass is 16.2. The Morgan fingerprint density at radius 3 is 2.95 bits per heavy atom. The SMILES string of the molecule is CCNc1cccc(C(=O)N(C)C2CCCC(C)C2)n1. The lowest BCUT2D eigenvalue weighted by molar-refractivity contribution is 0.0666. The molecule has 1 heterocycles. The Morgan fingerprint density at radius 2 is 2.25 bits per heavy atom. The zero-order chi connectivity index (χ0) is 14.5. The lowest BCUT2D eigenvalue weighted by Crippen LogP contribution is -2.40. The predicted molar refractivity (Wildman–Crippen MR) is 81.9 cm³/mol. The molecule has 1 aromatic rings. The molecule has 1 fully saturated rings. The van der Waals surface area contributed by atoms with Crippen LogP contribution in [0.4, 0.5) is 5.82 Å². The molecule has 0 aromatic carbocycles. The molecular formula is C16H25N3O. The van der Waals surface area contributed by atoms with Crippen LogP contribution >= 0.6 is 0 Å². The molecule has 1 aliphatic rings. The normalized spacial score (nSPS) is 22.4. The highest BCUT2D eigenvalue weighted by Gasteiger charge is 2.26. The van der Waals surface area contributed by atoms with Gasteiger partial charge < -0.3 is 10.2 Å².